The van der Waals surface area contributed by atoms with Crippen LogP contribution in [0.5, 0.6) is 5.75 Å². The Balaban J connectivity index is 2.42. The first-order valence-corrected chi connectivity index (χ1v) is 6.84. The van der Waals surface area contributed by atoms with Crippen molar-refractivity contribution >= 4 is 5.91 Å². The normalized spacial score (nSPS) is 12.3. The highest BCUT2D eigenvalue weighted by molar-refractivity contribution is 5.77. The molecule has 0 spiro atoms. The van der Waals surface area contributed by atoms with Gasteiger partial charge in [-0.25, -0.2) is 4.39 Å². The van der Waals surface area contributed by atoms with Crippen molar-refractivity contribution in [1.29, 1.82) is 0 Å². The lowest BCUT2D eigenvalue weighted by Crippen LogP contribution is -2.30. The topological polar surface area (TPSA) is 64.3 Å². The summed E-state index contributed by atoms with van der Waals surface area (Å²) in [6.45, 7) is 6.39. The van der Waals surface area contributed by atoms with Crippen molar-refractivity contribution in [2.24, 2.45) is 11.7 Å². The van der Waals surface area contributed by atoms with Gasteiger partial charge in [0, 0.05) is 24.2 Å². The second kappa shape index (κ2) is 7.85. The first-order valence-electron chi connectivity index (χ1n) is 6.84. The minimum absolute atomic E-state index is 0.116. The van der Waals surface area contributed by atoms with E-state index in [1.54, 1.807) is 19.1 Å². The molecule has 4 nitrogen and oxygen atoms in total. The molecular formula is C15H23FN2O2. The van der Waals surface area contributed by atoms with Gasteiger partial charge in [-0.2, -0.15) is 0 Å². The van der Waals surface area contributed by atoms with E-state index in [4.69, 9.17) is 10.5 Å². The van der Waals surface area contributed by atoms with Gasteiger partial charge >= 0.3 is 0 Å². The number of hydrogen-bond donors (Lipinski definition) is 2. The van der Waals surface area contributed by atoms with Crippen molar-refractivity contribution in [2.75, 3.05) is 13.2 Å². The summed E-state index contributed by atoms with van der Waals surface area (Å²) in [6.07, 6.45) is 0.920. The van der Waals surface area contributed by atoms with Gasteiger partial charge < -0.3 is 15.8 Å². The van der Waals surface area contributed by atoms with E-state index in [1.807, 2.05) is 0 Å². The summed E-state index contributed by atoms with van der Waals surface area (Å²) >= 11 is 0. The highest BCUT2D eigenvalue weighted by Crippen LogP contribution is 2.20. The summed E-state index contributed by atoms with van der Waals surface area (Å²) < 4.78 is 18.9. The van der Waals surface area contributed by atoms with E-state index < -0.39 is 5.82 Å². The Morgan fingerprint density at radius 1 is 1.40 bits per heavy atom. The minimum Gasteiger partial charge on any atom is -0.484 e. The second-order valence-corrected chi connectivity index (χ2v) is 5.29. The Morgan fingerprint density at radius 2 is 2.10 bits per heavy atom. The lowest BCUT2D eigenvalue weighted by Gasteiger charge is -2.11. The third kappa shape index (κ3) is 5.57. The molecule has 5 heteroatoms. The summed E-state index contributed by atoms with van der Waals surface area (Å²) in [5, 5.41) is 2.75. The predicted octanol–water partition coefficient (Wildman–Crippen LogP) is 2.39. The van der Waals surface area contributed by atoms with Crippen LogP contribution in [0.25, 0.3) is 0 Å². The van der Waals surface area contributed by atoms with Gasteiger partial charge in [-0.3, -0.25) is 4.79 Å². The molecule has 1 atom stereocenters. The molecule has 0 bridgehead atoms. The van der Waals surface area contributed by atoms with Gasteiger partial charge in [-0.05, 0) is 25.3 Å². The molecule has 20 heavy (non-hydrogen) atoms. The van der Waals surface area contributed by atoms with Crippen molar-refractivity contribution < 1.29 is 13.9 Å². The van der Waals surface area contributed by atoms with Crippen molar-refractivity contribution in [3.63, 3.8) is 0 Å². The zero-order valence-corrected chi connectivity index (χ0v) is 12.3. The van der Waals surface area contributed by atoms with E-state index in [1.165, 1.54) is 6.07 Å². The molecule has 1 aromatic carbocycles. The summed E-state index contributed by atoms with van der Waals surface area (Å²) in [5.41, 5.74) is 6.05. The van der Waals surface area contributed by atoms with Crippen LogP contribution in [0.15, 0.2) is 18.2 Å². The molecule has 1 rings (SSSR count). The van der Waals surface area contributed by atoms with Gasteiger partial charge in [-0.1, -0.05) is 19.9 Å². The zero-order chi connectivity index (χ0) is 15.1. The Labute approximate surface area is 119 Å². The van der Waals surface area contributed by atoms with Crippen LogP contribution < -0.4 is 15.8 Å². The Morgan fingerprint density at radius 3 is 2.65 bits per heavy atom. The lowest BCUT2D eigenvalue weighted by molar-refractivity contribution is -0.123. The second-order valence-electron chi connectivity index (χ2n) is 5.29. The highest BCUT2D eigenvalue weighted by Gasteiger charge is 2.09. The number of hydrogen-bond acceptors (Lipinski definition) is 3. The highest BCUT2D eigenvalue weighted by atomic mass is 19.1. The van der Waals surface area contributed by atoms with Gasteiger partial charge in [0.1, 0.15) is 11.6 Å². The Bertz CT molecular complexity index is 447. The van der Waals surface area contributed by atoms with Gasteiger partial charge in [0.25, 0.3) is 5.91 Å². The number of amides is 1. The lowest BCUT2D eigenvalue weighted by atomic mass is 10.1. The molecule has 0 heterocycles. The molecule has 0 saturated heterocycles. The fourth-order valence-electron chi connectivity index (χ4n) is 1.67. The molecule has 0 saturated carbocycles. The van der Waals surface area contributed by atoms with Crippen molar-refractivity contribution in [2.45, 2.75) is 33.2 Å². The van der Waals surface area contributed by atoms with E-state index in [0.717, 1.165) is 6.42 Å². The minimum atomic E-state index is -0.419. The SMILES string of the molecule is CC(C)CCNC(=O)COc1ccc(C(C)N)c(F)c1. The average molecular weight is 282 g/mol. The summed E-state index contributed by atoms with van der Waals surface area (Å²) in [4.78, 5) is 11.5. The molecule has 1 unspecified atom stereocenters. The van der Waals surface area contributed by atoms with Gasteiger partial charge in [0.15, 0.2) is 6.61 Å². The molecular weight excluding hydrogens is 259 g/mol. The third-order valence-electron chi connectivity index (χ3n) is 2.88. The van der Waals surface area contributed by atoms with Crippen LogP contribution in [0.3, 0.4) is 0 Å². The standard InChI is InChI=1S/C15H23FN2O2/c1-10(2)6-7-18-15(19)9-20-12-4-5-13(11(3)17)14(16)8-12/h4-5,8,10-11H,6-7,9,17H2,1-3H3,(H,18,19). The van der Waals surface area contributed by atoms with E-state index in [-0.39, 0.29) is 18.6 Å². The summed E-state index contributed by atoms with van der Waals surface area (Å²) in [5.74, 6) is 0.238. The molecule has 0 aliphatic heterocycles. The van der Waals surface area contributed by atoms with Crippen LogP contribution >= 0.6 is 0 Å². The molecule has 0 aliphatic carbocycles. The largest absolute Gasteiger partial charge is 0.484 e. The number of carbonyl (C=O) groups excluding carboxylic acids is 1. The summed E-state index contributed by atoms with van der Waals surface area (Å²) in [7, 11) is 0. The van der Waals surface area contributed by atoms with E-state index in [2.05, 4.69) is 19.2 Å². The molecule has 0 aromatic heterocycles. The quantitative estimate of drug-likeness (QED) is 0.807. The fourth-order valence-corrected chi connectivity index (χ4v) is 1.67. The van der Waals surface area contributed by atoms with Crippen molar-refractivity contribution in [3.05, 3.63) is 29.6 Å². The summed E-state index contributed by atoms with van der Waals surface area (Å²) in [6, 6.07) is 4.07. The molecule has 1 aromatic rings. The number of nitrogens with two attached hydrogens (primary N) is 1. The molecule has 0 radical (unpaired) electrons. The molecule has 0 fully saturated rings. The average Bonchev–Trinajstić information content (AvgIpc) is 2.35. The van der Waals surface area contributed by atoms with Crippen LogP contribution in [0, 0.1) is 11.7 Å². The van der Waals surface area contributed by atoms with E-state index >= 15 is 0 Å². The number of rotatable bonds is 7. The van der Waals surface area contributed by atoms with Crippen molar-refractivity contribution in [1.82, 2.24) is 5.32 Å². The van der Waals surface area contributed by atoms with Crippen LogP contribution in [0.4, 0.5) is 4.39 Å². The number of nitrogens with one attached hydrogen (secondary N) is 1. The predicted molar refractivity (Wildman–Crippen MR) is 77.0 cm³/mol. The van der Waals surface area contributed by atoms with Crippen molar-refractivity contribution in [3.8, 4) is 5.75 Å². The first-order chi connectivity index (χ1) is 9.40. The van der Waals surface area contributed by atoms with Crippen LogP contribution in [-0.4, -0.2) is 19.1 Å². The molecule has 112 valence electrons. The molecule has 0 aliphatic rings. The Hall–Kier alpha value is -1.62. The number of carbonyl (C=O) groups is 1. The monoisotopic (exact) mass is 282 g/mol. The van der Waals surface area contributed by atoms with Gasteiger partial charge in [-0.15, -0.1) is 0 Å². The van der Waals surface area contributed by atoms with Gasteiger partial charge in [0.05, 0.1) is 0 Å². The van der Waals surface area contributed by atoms with Crippen LogP contribution in [0.2, 0.25) is 0 Å². The van der Waals surface area contributed by atoms with Gasteiger partial charge in [0.2, 0.25) is 0 Å². The van der Waals surface area contributed by atoms with E-state index in [9.17, 15) is 9.18 Å². The third-order valence-corrected chi connectivity index (χ3v) is 2.88. The van der Waals surface area contributed by atoms with E-state index in [0.29, 0.717) is 23.8 Å². The molecule has 3 N–H and O–H groups in total. The Kier molecular flexibility index (Phi) is 6.45. The molecule has 1 amide bonds. The van der Waals surface area contributed by atoms with Crippen LogP contribution in [0.1, 0.15) is 38.8 Å². The zero-order valence-electron chi connectivity index (χ0n) is 12.3. The number of ether oxygens (including phenoxy) is 1. The maximum Gasteiger partial charge on any atom is 0.257 e. The first kappa shape index (κ1) is 16.4. The fraction of sp³-hybridized carbons (Fsp3) is 0.533. The van der Waals surface area contributed by atoms with Crippen LogP contribution in [-0.2, 0) is 4.79 Å². The maximum atomic E-state index is 13.7. The smallest absolute Gasteiger partial charge is 0.257 e. The number of benzene rings is 1. The maximum absolute atomic E-state index is 13.7. The number of halogens is 1.